The molecular formula is C22H28N2O2S. The third-order valence-corrected chi connectivity index (χ3v) is 8.04. The zero-order chi connectivity index (χ0) is 19.2. The molecule has 2 aromatic rings. The van der Waals surface area contributed by atoms with Crippen LogP contribution >= 0.6 is 0 Å². The van der Waals surface area contributed by atoms with Crippen LogP contribution in [0.1, 0.15) is 36.8 Å². The Morgan fingerprint density at radius 1 is 1.04 bits per heavy atom. The number of sulfone groups is 1. The lowest BCUT2D eigenvalue weighted by Crippen LogP contribution is -2.31. The van der Waals surface area contributed by atoms with Crippen LogP contribution < -0.4 is 4.90 Å². The molecule has 144 valence electrons. The predicted molar refractivity (Wildman–Crippen MR) is 109 cm³/mol. The van der Waals surface area contributed by atoms with Gasteiger partial charge in [-0.05, 0) is 74.3 Å². The molecule has 0 radical (unpaired) electrons. The molecule has 1 fully saturated rings. The van der Waals surface area contributed by atoms with Gasteiger partial charge in [0.2, 0.25) is 9.84 Å². The molecule has 5 heteroatoms. The molecule has 4 nitrogen and oxygen atoms in total. The standard InChI is InChI=1S/C22H28N2O2S/c1-4-24-12-10-19-20-15-18(8-9-21(20)23(3)22(19)11-13-24)27(25,26)17-7-5-6-16(2)14-17/h5-9,14-15,19,22H,4,10-13H2,1-3H3/t19-,22?/m0/s1. The molecule has 2 aromatic carbocycles. The zero-order valence-corrected chi connectivity index (χ0v) is 17.2. The van der Waals surface area contributed by atoms with Gasteiger partial charge in [0, 0.05) is 31.2 Å². The lowest BCUT2D eigenvalue weighted by Gasteiger charge is -2.25. The van der Waals surface area contributed by atoms with Gasteiger partial charge in [-0.2, -0.15) is 0 Å². The molecule has 2 aliphatic rings. The average Bonchev–Trinajstić information content (AvgIpc) is 2.82. The van der Waals surface area contributed by atoms with Gasteiger partial charge in [0.15, 0.2) is 0 Å². The maximum Gasteiger partial charge on any atom is 0.206 e. The monoisotopic (exact) mass is 384 g/mol. The number of hydrogen-bond acceptors (Lipinski definition) is 4. The highest BCUT2D eigenvalue weighted by molar-refractivity contribution is 7.91. The Bertz CT molecular complexity index is 955. The van der Waals surface area contributed by atoms with E-state index < -0.39 is 9.84 Å². The van der Waals surface area contributed by atoms with Gasteiger partial charge in [0.05, 0.1) is 9.79 Å². The van der Waals surface area contributed by atoms with Crippen LogP contribution in [0.3, 0.4) is 0 Å². The topological polar surface area (TPSA) is 40.6 Å². The highest BCUT2D eigenvalue weighted by atomic mass is 32.2. The summed E-state index contributed by atoms with van der Waals surface area (Å²) in [6.07, 6.45) is 2.22. The number of benzene rings is 2. The first-order valence-electron chi connectivity index (χ1n) is 9.82. The molecule has 0 N–H and O–H groups in total. The summed E-state index contributed by atoms with van der Waals surface area (Å²) in [7, 11) is -1.34. The lowest BCUT2D eigenvalue weighted by atomic mass is 9.91. The maximum absolute atomic E-state index is 13.2. The molecule has 2 heterocycles. The third kappa shape index (κ3) is 3.17. The Balaban J connectivity index is 1.73. The smallest absolute Gasteiger partial charge is 0.206 e. The van der Waals surface area contributed by atoms with Crippen molar-refractivity contribution in [3.05, 3.63) is 53.6 Å². The Hall–Kier alpha value is -1.85. The molecule has 0 bridgehead atoms. The maximum atomic E-state index is 13.2. The number of rotatable bonds is 3. The van der Waals surface area contributed by atoms with Crippen molar-refractivity contribution in [2.45, 2.75) is 48.4 Å². The second-order valence-electron chi connectivity index (χ2n) is 7.84. The van der Waals surface area contributed by atoms with E-state index in [0.29, 0.717) is 21.8 Å². The Morgan fingerprint density at radius 2 is 1.78 bits per heavy atom. The molecular weight excluding hydrogens is 356 g/mol. The van der Waals surface area contributed by atoms with Crippen LogP contribution in [0.4, 0.5) is 5.69 Å². The van der Waals surface area contributed by atoms with Gasteiger partial charge >= 0.3 is 0 Å². The molecule has 2 aliphatic heterocycles. The fourth-order valence-electron chi connectivity index (χ4n) is 4.70. The van der Waals surface area contributed by atoms with Crippen molar-refractivity contribution in [2.24, 2.45) is 0 Å². The summed E-state index contributed by atoms with van der Waals surface area (Å²) in [4.78, 5) is 5.65. The van der Waals surface area contributed by atoms with Crippen molar-refractivity contribution in [3.63, 3.8) is 0 Å². The Labute approximate surface area is 162 Å². The summed E-state index contributed by atoms with van der Waals surface area (Å²) in [5.41, 5.74) is 3.35. The zero-order valence-electron chi connectivity index (χ0n) is 16.4. The van der Waals surface area contributed by atoms with E-state index in [1.54, 1.807) is 18.2 Å². The molecule has 0 saturated carbocycles. The van der Waals surface area contributed by atoms with Gasteiger partial charge in [-0.25, -0.2) is 8.42 Å². The van der Waals surface area contributed by atoms with Gasteiger partial charge in [-0.15, -0.1) is 0 Å². The lowest BCUT2D eigenvalue weighted by molar-refractivity contribution is 0.298. The SMILES string of the molecule is CCN1CCC2[C@@H](CC1)c1cc(S(=O)(=O)c3cccc(C)c3)ccc1N2C. The van der Waals surface area contributed by atoms with E-state index in [1.165, 1.54) is 11.3 Å². The van der Waals surface area contributed by atoms with Gasteiger partial charge in [0.25, 0.3) is 0 Å². The van der Waals surface area contributed by atoms with Crippen LogP contribution in [0.5, 0.6) is 0 Å². The van der Waals surface area contributed by atoms with Crippen LogP contribution in [0.25, 0.3) is 0 Å². The van der Waals surface area contributed by atoms with Crippen molar-refractivity contribution in [2.75, 3.05) is 31.6 Å². The molecule has 0 aliphatic carbocycles. The molecule has 1 saturated heterocycles. The van der Waals surface area contributed by atoms with E-state index >= 15 is 0 Å². The summed E-state index contributed by atoms with van der Waals surface area (Å²) in [6, 6.07) is 13.4. The molecule has 0 spiro atoms. The second kappa shape index (κ2) is 6.95. The van der Waals surface area contributed by atoms with E-state index in [-0.39, 0.29) is 0 Å². The summed E-state index contributed by atoms with van der Waals surface area (Å²) >= 11 is 0. The Kier molecular flexibility index (Phi) is 4.77. The number of likely N-dealkylation sites (N-methyl/N-ethyl adjacent to an activating group) is 1. The van der Waals surface area contributed by atoms with E-state index in [9.17, 15) is 8.42 Å². The molecule has 27 heavy (non-hydrogen) atoms. The van der Waals surface area contributed by atoms with Crippen LogP contribution in [0.2, 0.25) is 0 Å². The quantitative estimate of drug-likeness (QED) is 0.806. The van der Waals surface area contributed by atoms with Crippen LogP contribution in [-0.4, -0.2) is 46.0 Å². The number of hydrogen-bond donors (Lipinski definition) is 0. The summed E-state index contributed by atoms with van der Waals surface area (Å²) in [6.45, 7) is 7.42. The normalized spacial score (nSPS) is 23.0. The number of likely N-dealkylation sites (tertiary alicyclic amines) is 1. The first kappa shape index (κ1) is 18.5. The fraction of sp³-hybridized carbons (Fsp3) is 0.455. The van der Waals surface area contributed by atoms with Crippen LogP contribution in [-0.2, 0) is 9.84 Å². The minimum absolute atomic E-state index is 0.378. The Morgan fingerprint density at radius 3 is 2.52 bits per heavy atom. The van der Waals surface area contributed by atoms with E-state index in [4.69, 9.17) is 0 Å². The number of anilines is 1. The largest absolute Gasteiger partial charge is 0.371 e. The number of aryl methyl sites for hydroxylation is 1. The molecule has 1 unspecified atom stereocenters. The highest BCUT2D eigenvalue weighted by Crippen LogP contribution is 2.45. The van der Waals surface area contributed by atoms with Crippen molar-refractivity contribution < 1.29 is 8.42 Å². The second-order valence-corrected chi connectivity index (χ2v) is 9.79. The summed E-state index contributed by atoms with van der Waals surface area (Å²) in [5, 5.41) is 0. The number of fused-ring (bicyclic) bond motifs is 3. The van der Waals surface area contributed by atoms with Crippen molar-refractivity contribution in [3.8, 4) is 0 Å². The first-order chi connectivity index (χ1) is 12.9. The summed E-state index contributed by atoms with van der Waals surface area (Å²) in [5.74, 6) is 0.411. The molecule has 0 aromatic heterocycles. The third-order valence-electron chi connectivity index (χ3n) is 6.30. The average molecular weight is 385 g/mol. The summed E-state index contributed by atoms with van der Waals surface area (Å²) < 4.78 is 26.3. The van der Waals surface area contributed by atoms with Gasteiger partial charge in [-0.1, -0.05) is 19.1 Å². The van der Waals surface area contributed by atoms with Gasteiger partial charge in [-0.3, -0.25) is 0 Å². The van der Waals surface area contributed by atoms with E-state index in [2.05, 4.69) is 23.8 Å². The molecule has 2 atom stereocenters. The van der Waals surface area contributed by atoms with Gasteiger partial charge < -0.3 is 9.80 Å². The first-order valence-corrected chi connectivity index (χ1v) is 11.3. The van der Waals surface area contributed by atoms with Crippen LogP contribution in [0, 0.1) is 6.92 Å². The van der Waals surface area contributed by atoms with Crippen molar-refractivity contribution in [1.82, 2.24) is 4.90 Å². The van der Waals surface area contributed by atoms with Gasteiger partial charge in [0.1, 0.15) is 0 Å². The predicted octanol–water partition coefficient (Wildman–Crippen LogP) is 3.85. The minimum Gasteiger partial charge on any atom is -0.371 e. The van der Waals surface area contributed by atoms with Crippen LogP contribution in [0.15, 0.2) is 52.3 Å². The van der Waals surface area contributed by atoms with Crippen molar-refractivity contribution in [1.29, 1.82) is 0 Å². The molecule has 4 rings (SSSR count). The molecule has 0 amide bonds. The minimum atomic E-state index is -3.49. The fourth-order valence-corrected chi connectivity index (χ4v) is 6.10. The number of nitrogens with zero attached hydrogens (tertiary/aromatic N) is 2. The highest BCUT2D eigenvalue weighted by Gasteiger charge is 2.38. The van der Waals surface area contributed by atoms with E-state index in [0.717, 1.165) is 38.0 Å². The van der Waals surface area contributed by atoms with E-state index in [1.807, 2.05) is 31.2 Å². The van der Waals surface area contributed by atoms with Crippen molar-refractivity contribution >= 4 is 15.5 Å².